The number of ether oxygens (including phenoxy) is 1. The van der Waals surface area contributed by atoms with E-state index in [2.05, 4.69) is 5.32 Å². The van der Waals surface area contributed by atoms with E-state index in [9.17, 15) is 22.8 Å². The molecule has 1 heterocycles. The van der Waals surface area contributed by atoms with Crippen LogP contribution in [0.2, 0.25) is 0 Å². The molecule has 0 bridgehead atoms. The monoisotopic (exact) mass is 388 g/mol. The van der Waals surface area contributed by atoms with Crippen LogP contribution in [0.25, 0.3) is 0 Å². The number of likely N-dealkylation sites (tertiary alicyclic amines) is 1. The number of hydrogen-bond donors (Lipinski definition) is 2. The lowest BCUT2D eigenvalue weighted by Gasteiger charge is -2.22. The van der Waals surface area contributed by atoms with Crippen LogP contribution in [0.15, 0.2) is 18.2 Å². The van der Waals surface area contributed by atoms with Crippen molar-refractivity contribution in [3.05, 3.63) is 29.3 Å². The van der Waals surface area contributed by atoms with Crippen molar-refractivity contribution >= 4 is 12.0 Å². The highest BCUT2D eigenvalue weighted by molar-refractivity contribution is 5.78. The Hall–Kier alpha value is -2.45. The molecule has 9 heteroatoms. The number of halogens is 3. The standard InChI is InChI=1S/C18H23F3N2O4/c1-10-5-4-6-11(2)15(10)27-9-12(3)22-17(26)23-7-13(16(24)25)14(8-23)18(19,20)21/h4-6,12-14H,7-9H2,1-3H3,(H,22,26)(H,24,25)/t12?,13-,14-/m1/s1. The fourth-order valence-electron chi connectivity index (χ4n) is 3.13. The Morgan fingerprint density at radius 3 is 2.37 bits per heavy atom. The smallest absolute Gasteiger partial charge is 0.394 e. The summed E-state index contributed by atoms with van der Waals surface area (Å²) in [7, 11) is 0. The minimum Gasteiger partial charge on any atom is -0.491 e. The third-order valence-electron chi connectivity index (χ3n) is 4.60. The summed E-state index contributed by atoms with van der Waals surface area (Å²) in [6.45, 7) is 4.43. The fourth-order valence-corrected chi connectivity index (χ4v) is 3.13. The van der Waals surface area contributed by atoms with Gasteiger partial charge in [0.2, 0.25) is 0 Å². The molecule has 2 rings (SSSR count). The third-order valence-corrected chi connectivity index (χ3v) is 4.60. The van der Waals surface area contributed by atoms with Gasteiger partial charge in [-0.25, -0.2) is 4.79 Å². The predicted molar refractivity (Wildman–Crippen MR) is 91.6 cm³/mol. The zero-order chi connectivity index (χ0) is 20.4. The van der Waals surface area contributed by atoms with Gasteiger partial charge in [-0.2, -0.15) is 13.2 Å². The molecule has 1 fully saturated rings. The molecule has 150 valence electrons. The van der Waals surface area contributed by atoms with E-state index >= 15 is 0 Å². The Labute approximate surface area is 155 Å². The van der Waals surface area contributed by atoms with Gasteiger partial charge < -0.3 is 20.1 Å². The normalized spacial score (nSPS) is 21.0. The molecule has 0 aromatic heterocycles. The van der Waals surface area contributed by atoms with Gasteiger partial charge in [-0.15, -0.1) is 0 Å². The fraction of sp³-hybridized carbons (Fsp3) is 0.556. The number of alkyl halides is 3. The van der Waals surface area contributed by atoms with Crippen LogP contribution in [0.4, 0.5) is 18.0 Å². The van der Waals surface area contributed by atoms with Crippen LogP contribution in [-0.4, -0.2) is 53.9 Å². The molecule has 27 heavy (non-hydrogen) atoms. The van der Waals surface area contributed by atoms with Gasteiger partial charge in [0.05, 0.1) is 17.9 Å². The predicted octanol–water partition coefficient (Wildman–Crippen LogP) is 2.98. The van der Waals surface area contributed by atoms with Crippen molar-refractivity contribution in [2.24, 2.45) is 11.8 Å². The second kappa shape index (κ2) is 8.06. The lowest BCUT2D eigenvalue weighted by molar-refractivity contribution is -0.187. The largest absolute Gasteiger partial charge is 0.491 e. The number of hydrogen-bond acceptors (Lipinski definition) is 3. The maximum atomic E-state index is 13.0. The summed E-state index contributed by atoms with van der Waals surface area (Å²) < 4.78 is 44.8. The molecule has 0 spiro atoms. The van der Waals surface area contributed by atoms with Crippen LogP contribution in [0, 0.1) is 25.7 Å². The molecular weight excluding hydrogens is 365 g/mol. The SMILES string of the molecule is Cc1cccc(C)c1OCC(C)NC(=O)N1C[C@@H](C(F)(F)F)[C@H](C(=O)O)C1. The van der Waals surface area contributed by atoms with E-state index in [0.717, 1.165) is 16.0 Å². The molecule has 0 saturated carbocycles. The minimum atomic E-state index is -4.67. The molecule has 3 atom stereocenters. The summed E-state index contributed by atoms with van der Waals surface area (Å²) in [5, 5.41) is 11.6. The van der Waals surface area contributed by atoms with Gasteiger partial charge in [-0.1, -0.05) is 18.2 Å². The quantitative estimate of drug-likeness (QED) is 0.813. The molecule has 6 nitrogen and oxygen atoms in total. The van der Waals surface area contributed by atoms with Gasteiger partial charge in [-0.3, -0.25) is 4.79 Å². The number of urea groups is 1. The first-order valence-electron chi connectivity index (χ1n) is 8.54. The highest BCUT2D eigenvalue weighted by Crippen LogP contribution is 2.37. The zero-order valence-electron chi connectivity index (χ0n) is 15.3. The number of para-hydroxylation sites is 1. The summed E-state index contributed by atoms with van der Waals surface area (Å²) in [5.41, 5.74) is 1.87. The van der Waals surface area contributed by atoms with Crippen LogP contribution < -0.4 is 10.1 Å². The van der Waals surface area contributed by atoms with E-state index in [-0.39, 0.29) is 6.61 Å². The first-order chi connectivity index (χ1) is 12.5. The van der Waals surface area contributed by atoms with Gasteiger partial charge in [0.1, 0.15) is 12.4 Å². The van der Waals surface area contributed by atoms with Crippen molar-refractivity contribution in [1.82, 2.24) is 10.2 Å². The Bertz CT molecular complexity index is 688. The first-order valence-corrected chi connectivity index (χ1v) is 8.54. The number of aliphatic carboxylic acids is 1. The molecule has 0 radical (unpaired) electrons. The van der Waals surface area contributed by atoms with E-state index in [1.807, 2.05) is 32.0 Å². The van der Waals surface area contributed by atoms with Crippen molar-refractivity contribution in [2.45, 2.75) is 33.0 Å². The summed E-state index contributed by atoms with van der Waals surface area (Å²) in [4.78, 5) is 24.2. The maximum absolute atomic E-state index is 13.0. The van der Waals surface area contributed by atoms with Crippen LogP contribution in [0.5, 0.6) is 5.75 Å². The van der Waals surface area contributed by atoms with E-state index in [4.69, 9.17) is 9.84 Å². The second-order valence-electron chi connectivity index (χ2n) is 6.88. The average molecular weight is 388 g/mol. The highest BCUT2D eigenvalue weighted by atomic mass is 19.4. The summed E-state index contributed by atoms with van der Waals surface area (Å²) in [6, 6.07) is 4.47. The Kier molecular flexibility index (Phi) is 6.22. The van der Waals surface area contributed by atoms with Crippen LogP contribution in [0.1, 0.15) is 18.1 Å². The number of aryl methyl sites for hydroxylation is 2. The molecule has 1 unspecified atom stereocenters. The highest BCUT2D eigenvalue weighted by Gasteiger charge is 2.53. The lowest BCUT2D eigenvalue weighted by Crippen LogP contribution is -2.45. The molecule has 1 saturated heterocycles. The Morgan fingerprint density at radius 2 is 1.89 bits per heavy atom. The van der Waals surface area contributed by atoms with Crippen molar-refractivity contribution in [3.63, 3.8) is 0 Å². The molecule has 1 aromatic carbocycles. The van der Waals surface area contributed by atoms with E-state index < -0.39 is 49.1 Å². The molecular formula is C18H23F3N2O4. The van der Waals surface area contributed by atoms with Crippen molar-refractivity contribution in [3.8, 4) is 5.75 Å². The number of nitrogens with zero attached hydrogens (tertiary/aromatic N) is 1. The molecule has 2 amide bonds. The number of nitrogens with one attached hydrogen (secondary N) is 1. The average Bonchev–Trinajstić information content (AvgIpc) is 3.00. The Morgan fingerprint density at radius 1 is 1.30 bits per heavy atom. The number of carbonyl (C=O) groups is 2. The van der Waals surface area contributed by atoms with Crippen molar-refractivity contribution in [1.29, 1.82) is 0 Å². The number of benzene rings is 1. The van der Waals surface area contributed by atoms with Crippen LogP contribution in [-0.2, 0) is 4.79 Å². The van der Waals surface area contributed by atoms with Gasteiger partial charge in [-0.05, 0) is 31.9 Å². The summed E-state index contributed by atoms with van der Waals surface area (Å²) in [6.07, 6.45) is -4.67. The maximum Gasteiger partial charge on any atom is 0.394 e. The number of carboxylic acids is 1. The minimum absolute atomic E-state index is 0.135. The number of rotatable bonds is 5. The third kappa shape index (κ3) is 5.05. The zero-order valence-corrected chi connectivity index (χ0v) is 15.3. The molecule has 0 aliphatic carbocycles. The van der Waals surface area contributed by atoms with Gasteiger partial charge >= 0.3 is 18.2 Å². The van der Waals surface area contributed by atoms with Gasteiger partial charge in [0, 0.05) is 13.1 Å². The van der Waals surface area contributed by atoms with Gasteiger partial charge in [0.15, 0.2) is 0 Å². The molecule has 1 aliphatic heterocycles. The van der Waals surface area contributed by atoms with Crippen LogP contribution in [0.3, 0.4) is 0 Å². The van der Waals surface area contributed by atoms with Gasteiger partial charge in [0.25, 0.3) is 0 Å². The summed E-state index contributed by atoms with van der Waals surface area (Å²) in [5.74, 6) is -4.58. The Balaban J connectivity index is 1.93. The number of amides is 2. The van der Waals surface area contributed by atoms with Crippen molar-refractivity contribution < 1.29 is 32.6 Å². The lowest BCUT2D eigenvalue weighted by atomic mass is 9.96. The van der Waals surface area contributed by atoms with E-state index in [0.29, 0.717) is 5.75 Å². The first kappa shape index (κ1) is 20.9. The van der Waals surface area contributed by atoms with Crippen molar-refractivity contribution in [2.75, 3.05) is 19.7 Å². The topological polar surface area (TPSA) is 78.9 Å². The molecule has 2 N–H and O–H groups in total. The number of carboxylic acid groups (broad SMARTS) is 1. The van der Waals surface area contributed by atoms with Crippen LogP contribution >= 0.6 is 0 Å². The summed E-state index contributed by atoms with van der Waals surface area (Å²) >= 11 is 0. The van der Waals surface area contributed by atoms with E-state index in [1.165, 1.54) is 0 Å². The second-order valence-corrected chi connectivity index (χ2v) is 6.88. The molecule has 1 aromatic rings. The number of carbonyl (C=O) groups excluding carboxylic acids is 1. The molecule has 1 aliphatic rings. The van der Waals surface area contributed by atoms with E-state index in [1.54, 1.807) is 6.92 Å².